The predicted octanol–water partition coefficient (Wildman–Crippen LogP) is 8.15. The van der Waals surface area contributed by atoms with Gasteiger partial charge < -0.3 is 4.90 Å². The van der Waals surface area contributed by atoms with Gasteiger partial charge in [0.25, 0.3) is 0 Å². The second-order valence-corrected chi connectivity index (χ2v) is 8.82. The summed E-state index contributed by atoms with van der Waals surface area (Å²) in [7, 11) is 0. The molecule has 1 atom stereocenters. The lowest BCUT2D eigenvalue weighted by atomic mass is 10.0. The van der Waals surface area contributed by atoms with Crippen molar-refractivity contribution in [2.75, 3.05) is 13.1 Å². The zero-order valence-electron chi connectivity index (χ0n) is 18.9. The largest absolute Gasteiger partial charge is 0.358 e. The highest BCUT2D eigenvalue weighted by Gasteiger charge is 2.18. The Hall–Kier alpha value is -0.530. The van der Waals surface area contributed by atoms with Crippen molar-refractivity contribution < 1.29 is 0 Å². The molecule has 1 aliphatic heterocycles. The number of aliphatic imine (C=N–C) groups is 1. The van der Waals surface area contributed by atoms with Crippen molar-refractivity contribution in [3.63, 3.8) is 0 Å². The van der Waals surface area contributed by atoms with Crippen molar-refractivity contribution in [3.8, 4) is 0 Å². The van der Waals surface area contributed by atoms with Gasteiger partial charge in [0.1, 0.15) is 0 Å². The molecule has 0 saturated heterocycles. The van der Waals surface area contributed by atoms with Gasteiger partial charge in [0, 0.05) is 12.6 Å². The standard InChI is InChI=1S/C25H50N2/c1-3-5-7-9-11-13-15-17-19-21-25-23-26-24-27(25)22-20-18-16-14-12-10-8-6-4-2/h24-25H,3-23H2,1-2H3. The zero-order chi connectivity index (χ0) is 19.4. The molecular formula is C25H50N2. The van der Waals surface area contributed by atoms with E-state index in [0.717, 1.165) is 6.54 Å². The van der Waals surface area contributed by atoms with Crippen LogP contribution < -0.4 is 0 Å². The SMILES string of the molecule is CCCCCCCCCCCC1CN=CN1CCCCCCCCCCC. The molecule has 0 amide bonds. The molecule has 2 nitrogen and oxygen atoms in total. The minimum Gasteiger partial charge on any atom is -0.358 e. The first-order valence-electron chi connectivity index (χ1n) is 12.6. The molecule has 160 valence electrons. The molecule has 0 aliphatic carbocycles. The first kappa shape index (κ1) is 24.5. The smallest absolute Gasteiger partial charge is 0.0853 e. The molecule has 0 aromatic heterocycles. The van der Waals surface area contributed by atoms with Crippen LogP contribution in [0.2, 0.25) is 0 Å². The van der Waals surface area contributed by atoms with Gasteiger partial charge >= 0.3 is 0 Å². The minimum absolute atomic E-state index is 0.712. The average Bonchev–Trinajstić information content (AvgIpc) is 3.12. The van der Waals surface area contributed by atoms with E-state index in [1.54, 1.807) is 0 Å². The number of hydrogen-bond acceptors (Lipinski definition) is 2. The van der Waals surface area contributed by atoms with Gasteiger partial charge in [-0.05, 0) is 12.8 Å². The van der Waals surface area contributed by atoms with Crippen molar-refractivity contribution in [2.24, 2.45) is 4.99 Å². The quantitative estimate of drug-likeness (QED) is 0.195. The molecule has 0 aromatic rings. The van der Waals surface area contributed by atoms with E-state index in [-0.39, 0.29) is 0 Å². The first-order chi connectivity index (χ1) is 13.4. The van der Waals surface area contributed by atoms with Crippen molar-refractivity contribution >= 4 is 6.34 Å². The number of unbranched alkanes of at least 4 members (excludes halogenated alkanes) is 16. The second kappa shape index (κ2) is 18.8. The summed E-state index contributed by atoms with van der Waals surface area (Å²) in [5.41, 5.74) is 0. The van der Waals surface area contributed by atoms with Gasteiger partial charge in [0.05, 0.1) is 12.9 Å². The lowest BCUT2D eigenvalue weighted by Gasteiger charge is -2.24. The summed E-state index contributed by atoms with van der Waals surface area (Å²) >= 11 is 0. The van der Waals surface area contributed by atoms with Gasteiger partial charge in [-0.2, -0.15) is 0 Å². The van der Waals surface area contributed by atoms with Crippen LogP contribution in [0.5, 0.6) is 0 Å². The molecule has 1 unspecified atom stereocenters. The van der Waals surface area contributed by atoms with Crippen molar-refractivity contribution in [1.82, 2.24) is 4.90 Å². The molecule has 0 bridgehead atoms. The molecule has 27 heavy (non-hydrogen) atoms. The summed E-state index contributed by atoms with van der Waals surface area (Å²) in [5, 5.41) is 0. The van der Waals surface area contributed by atoms with E-state index in [4.69, 9.17) is 0 Å². The molecule has 1 aliphatic rings. The molecule has 0 saturated carbocycles. The van der Waals surface area contributed by atoms with E-state index in [1.165, 1.54) is 129 Å². The van der Waals surface area contributed by atoms with Crippen molar-refractivity contribution in [2.45, 2.75) is 142 Å². The first-order valence-corrected chi connectivity index (χ1v) is 12.6. The van der Waals surface area contributed by atoms with Gasteiger partial charge in [-0.1, -0.05) is 123 Å². The highest BCUT2D eigenvalue weighted by atomic mass is 15.2. The van der Waals surface area contributed by atoms with E-state index in [1.807, 2.05) is 0 Å². The second-order valence-electron chi connectivity index (χ2n) is 8.82. The van der Waals surface area contributed by atoms with Crippen molar-refractivity contribution in [3.05, 3.63) is 0 Å². The highest BCUT2D eigenvalue weighted by molar-refractivity contribution is 5.58. The van der Waals surface area contributed by atoms with Crippen LogP contribution in [0.15, 0.2) is 4.99 Å². The van der Waals surface area contributed by atoms with Crippen LogP contribution in [0.3, 0.4) is 0 Å². The summed E-state index contributed by atoms with van der Waals surface area (Å²) in [6.45, 7) is 6.88. The number of nitrogens with zero attached hydrogens (tertiary/aromatic N) is 2. The van der Waals surface area contributed by atoms with Crippen molar-refractivity contribution in [1.29, 1.82) is 0 Å². The van der Waals surface area contributed by atoms with Gasteiger partial charge in [-0.25, -0.2) is 0 Å². The third-order valence-electron chi connectivity index (χ3n) is 6.18. The van der Waals surface area contributed by atoms with Crippen LogP contribution in [0.4, 0.5) is 0 Å². The third kappa shape index (κ3) is 14.2. The maximum absolute atomic E-state index is 4.56. The summed E-state index contributed by atoms with van der Waals surface area (Å²) < 4.78 is 0. The Kier molecular flexibility index (Phi) is 17.1. The Bertz CT molecular complexity index is 326. The van der Waals surface area contributed by atoms with E-state index < -0.39 is 0 Å². The zero-order valence-corrected chi connectivity index (χ0v) is 18.9. The maximum Gasteiger partial charge on any atom is 0.0853 e. The van der Waals surface area contributed by atoms with Crippen LogP contribution >= 0.6 is 0 Å². The lowest BCUT2D eigenvalue weighted by molar-refractivity contribution is 0.315. The van der Waals surface area contributed by atoms with Gasteiger partial charge in [0.2, 0.25) is 0 Å². The Labute approximate surface area is 171 Å². The minimum atomic E-state index is 0.712. The summed E-state index contributed by atoms with van der Waals surface area (Å²) in [6.07, 6.45) is 29.1. The Morgan fingerprint density at radius 2 is 1.07 bits per heavy atom. The van der Waals surface area contributed by atoms with Gasteiger partial charge in [-0.15, -0.1) is 0 Å². The fourth-order valence-corrected chi connectivity index (χ4v) is 4.27. The Balaban J connectivity index is 1.90. The monoisotopic (exact) mass is 378 g/mol. The van der Waals surface area contributed by atoms with Crippen LogP contribution in [0.1, 0.15) is 136 Å². The van der Waals surface area contributed by atoms with Crippen LogP contribution in [0, 0.1) is 0 Å². The van der Waals surface area contributed by atoms with E-state index in [2.05, 4.69) is 30.1 Å². The summed E-state index contributed by atoms with van der Waals surface area (Å²) in [6, 6.07) is 0.712. The molecule has 1 rings (SSSR count). The van der Waals surface area contributed by atoms with E-state index in [9.17, 15) is 0 Å². The molecule has 0 fully saturated rings. The molecule has 0 radical (unpaired) electrons. The molecule has 0 aromatic carbocycles. The van der Waals surface area contributed by atoms with Crippen LogP contribution in [-0.2, 0) is 0 Å². The van der Waals surface area contributed by atoms with E-state index >= 15 is 0 Å². The number of rotatable bonds is 20. The molecule has 0 N–H and O–H groups in total. The molecule has 0 spiro atoms. The Morgan fingerprint density at radius 1 is 0.630 bits per heavy atom. The van der Waals surface area contributed by atoms with Crippen LogP contribution in [-0.4, -0.2) is 30.4 Å². The fraction of sp³-hybridized carbons (Fsp3) is 0.960. The van der Waals surface area contributed by atoms with E-state index in [0.29, 0.717) is 6.04 Å². The third-order valence-corrected chi connectivity index (χ3v) is 6.18. The normalized spacial score (nSPS) is 16.5. The molecule has 1 heterocycles. The fourth-order valence-electron chi connectivity index (χ4n) is 4.27. The molecular weight excluding hydrogens is 328 g/mol. The molecule has 2 heteroatoms. The van der Waals surface area contributed by atoms with Crippen LogP contribution in [0.25, 0.3) is 0 Å². The predicted molar refractivity (Wildman–Crippen MR) is 123 cm³/mol. The maximum atomic E-state index is 4.56. The highest BCUT2D eigenvalue weighted by Crippen LogP contribution is 2.17. The lowest BCUT2D eigenvalue weighted by Crippen LogP contribution is -2.32. The van der Waals surface area contributed by atoms with Gasteiger partial charge in [0.15, 0.2) is 0 Å². The Morgan fingerprint density at radius 3 is 1.59 bits per heavy atom. The topological polar surface area (TPSA) is 15.6 Å². The number of hydrogen-bond donors (Lipinski definition) is 0. The summed E-state index contributed by atoms with van der Waals surface area (Å²) in [5.74, 6) is 0. The average molecular weight is 379 g/mol. The van der Waals surface area contributed by atoms with Gasteiger partial charge in [-0.3, -0.25) is 4.99 Å². The summed E-state index contributed by atoms with van der Waals surface area (Å²) in [4.78, 5) is 7.11.